The Bertz CT molecular complexity index is 171. The van der Waals surface area contributed by atoms with Gasteiger partial charge in [0.2, 0.25) is 0 Å². The van der Waals surface area contributed by atoms with Gasteiger partial charge in [-0.15, -0.1) is 0 Å². The van der Waals surface area contributed by atoms with E-state index in [1.807, 2.05) is 0 Å². The number of unbranched alkanes of at least 4 members (excludes halogenated alkanes) is 3. The fraction of sp³-hybridized carbons (Fsp3) is 0.818. The average Bonchev–Trinajstić information content (AvgIpc) is 2.17. The van der Waals surface area contributed by atoms with Gasteiger partial charge in [0.25, 0.3) is 0 Å². The van der Waals surface area contributed by atoms with Gasteiger partial charge in [0.1, 0.15) is 6.29 Å². The summed E-state index contributed by atoms with van der Waals surface area (Å²) in [7, 11) is 0. The molecule has 0 spiro atoms. The second kappa shape index (κ2) is 11.2. The van der Waals surface area contributed by atoms with E-state index >= 15 is 0 Å². The van der Waals surface area contributed by atoms with E-state index in [2.05, 4.69) is 6.92 Å². The van der Waals surface area contributed by atoms with Crippen LogP contribution in [0.2, 0.25) is 0 Å². The Labute approximate surface area is 92.2 Å². The number of carbonyl (C=O) groups is 2. The molecule has 0 bridgehead atoms. The first-order valence-electron chi connectivity index (χ1n) is 5.07. The van der Waals surface area contributed by atoms with Gasteiger partial charge < -0.3 is 15.3 Å². The molecule has 15 heavy (non-hydrogen) atoms. The normalized spacial score (nSPS) is 11.3. The smallest absolute Gasteiger partial charge is 0.307 e. The molecule has 1 unspecified atom stereocenters. The van der Waals surface area contributed by atoms with Crippen molar-refractivity contribution in [2.75, 3.05) is 6.61 Å². The zero-order valence-corrected chi connectivity index (χ0v) is 8.70. The third-order valence-electron chi connectivity index (χ3n) is 1.84. The van der Waals surface area contributed by atoms with Gasteiger partial charge >= 0.3 is 5.97 Å². The van der Waals surface area contributed by atoms with Crippen LogP contribution in [0.1, 0.15) is 46.5 Å². The van der Waals surface area contributed by atoms with Crippen molar-refractivity contribution in [3.63, 3.8) is 0 Å². The molecule has 0 saturated carbocycles. The highest BCUT2D eigenvalue weighted by Crippen LogP contribution is 1.99. The minimum Gasteiger partial charge on any atom is -0.466 e. The molecule has 0 aromatic rings. The predicted molar refractivity (Wildman–Crippen MR) is 60.5 cm³/mol. The van der Waals surface area contributed by atoms with Crippen molar-refractivity contribution in [2.45, 2.75) is 52.5 Å². The van der Waals surface area contributed by atoms with Gasteiger partial charge in [-0.05, 0) is 6.42 Å². The van der Waals surface area contributed by atoms with Crippen LogP contribution in [0.3, 0.4) is 0 Å². The molecule has 0 aliphatic carbocycles. The summed E-state index contributed by atoms with van der Waals surface area (Å²) in [4.78, 5) is 21.1. The lowest BCUT2D eigenvalue weighted by Gasteiger charge is -2.05. The number of esters is 1. The first-order valence-corrected chi connectivity index (χ1v) is 5.07. The summed E-state index contributed by atoms with van der Waals surface area (Å²) in [6.45, 7) is 2.56. The third-order valence-corrected chi connectivity index (χ3v) is 1.84. The maximum atomic E-state index is 11.0. The zero-order chi connectivity index (χ0) is 10.8. The van der Waals surface area contributed by atoms with E-state index < -0.39 is 6.04 Å². The SMILES string of the molecule is C.CCCCCCOC(=O)CC(N)C=O. The average molecular weight is 217 g/mol. The fourth-order valence-electron chi connectivity index (χ4n) is 1.01. The van der Waals surface area contributed by atoms with Crippen molar-refractivity contribution in [3.8, 4) is 0 Å². The molecule has 0 rings (SSSR count). The molecular weight excluding hydrogens is 194 g/mol. The minimum atomic E-state index is -0.724. The minimum absolute atomic E-state index is 0. The van der Waals surface area contributed by atoms with Crippen LogP contribution < -0.4 is 5.73 Å². The molecule has 0 fully saturated rings. The largest absolute Gasteiger partial charge is 0.466 e. The summed E-state index contributed by atoms with van der Waals surface area (Å²) in [6.07, 6.45) is 4.81. The second-order valence-electron chi connectivity index (χ2n) is 3.29. The van der Waals surface area contributed by atoms with Crippen molar-refractivity contribution in [1.82, 2.24) is 0 Å². The van der Waals surface area contributed by atoms with E-state index in [0.717, 1.165) is 25.7 Å². The van der Waals surface area contributed by atoms with Gasteiger partial charge in [0.15, 0.2) is 0 Å². The lowest BCUT2D eigenvalue weighted by molar-refractivity contribution is -0.144. The number of rotatable bonds is 8. The third kappa shape index (κ3) is 11.0. The number of ether oxygens (including phenoxy) is 1. The summed E-state index contributed by atoms with van der Waals surface area (Å²) < 4.78 is 4.88. The van der Waals surface area contributed by atoms with Crippen LogP contribution in [0.4, 0.5) is 0 Å². The number of hydrogen-bond donors (Lipinski definition) is 1. The van der Waals surface area contributed by atoms with E-state index in [0.29, 0.717) is 12.9 Å². The highest BCUT2D eigenvalue weighted by molar-refractivity contribution is 5.75. The molecule has 0 heterocycles. The highest BCUT2D eigenvalue weighted by atomic mass is 16.5. The van der Waals surface area contributed by atoms with Crippen molar-refractivity contribution in [3.05, 3.63) is 0 Å². The lowest BCUT2D eigenvalue weighted by Crippen LogP contribution is -2.26. The van der Waals surface area contributed by atoms with Crippen LogP contribution >= 0.6 is 0 Å². The van der Waals surface area contributed by atoms with Crippen molar-refractivity contribution < 1.29 is 14.3 Å². The monoisotopic (exact) mass is 217 g/mol. The van der Waals surface area contributed by atoms with Gasteiger partial charge in [-0.3, -0.25) is 4.79 Å². The standard InChI is InChI=1S/C10H19NO3.CH4/c1-2-3-4-5-6-14-10(13)7-9(11)8-12;/h8-9H,2-7,11H2,1H3;1H4. The molecule has 1 atom stereocenters. The first-order chi connectivity index (χ1) is 6.70. The van der Waals surface area contributed by atoms with Crippen LogP contribution in [-0.4, -0.2) is 24.9 Å². The van der Waals surface area contributed by atoms with Crippen molar-refractivity contribution in [1.29, 1.82) is 0 Å². The van der Waals surface area contributed by atoms with Gasteiger partial charge in [-0.25, -0.2) is 0 Å². The summed E-state index contributed by atoms with van der Waals surface area (Å²) in [6, 6.07) is -0.724. The van der Waals surface area contributed by atoms with Gasteiger partial charge in [-0.2, -0.15) is 0 Å². The Hall–Kier alpha value is -0.900. The molecule has 90 valence electrons. The number of nitrogens with two attached hydrogens (primary N) is 1. The molecule has 4 heteroatoms. The molecule has 0 aliphatic heterocycles. The molecule has 0 aliphatic rings. The molecular formula is C11H23NO3. The summed E-state index contributed by atoms with van der Waals surface area (Å²) >= 11 is 0. The fourth-order valence-corrected chi connectivity index (χ4v) is 1.01. The van der Waals surface area contributed by atoms with Gasteiger partial charge in [0.05, 0.1) is 19.1 Å². The zero-order valence-electron chi connectivity index (χ0n) is 8.70. The summed E-state index contributed by atoms with van der Waals surface area (Å²) in [5.74, 6) is -0.388. The van der Waals surface area contributed by atoms with Crippen LogP contribution in [0.25, 0.3) is 0 Å². The second-order valence-corrected chi connectivity index (χ2v) is 3.29. The first kappa shape index (κ1) is 16.5. The Balaban J connectivity index is 0. The van der Waals surface area contributed by atoms with Crippen LogP contribution in [0.5, 0.6) is 0 Å². The maximum absolute atomic E-state index is 11.0. The highest BCUT2D eigenvalue weighted by Gasteiger charge is 2.08. The molecule has 4 nitrogen and oxygen atoms in total. The lowest BCUT2D eigenvalue weighted by atomic mass is 10.2. The summed E-state index contributed by atoms with van der Waals surface area (Å²) in [5.41, 5.74) is 5.26. The van der Waals surface area contributed by atoms with E-state index in [1.165, 1.54) is 0 Å². The molecule has 0 saturated heterocycles. The Kier molecular flexibility index (Phi) is 12.3. The van der Waals surface area contributed by atoms with Crippen LogP contribution in [0.15, 0.2) is 0 Å². The Morgan fingerprint density at radius 3 is 2.60 bits per heavy atom. The molecule has 0 aromatic heterocycles. The predicted octanol–water partition coefficient (Wildman–Crippen LogP) is 1.66. The van der Waals surface area contributed by atoms with E-state index in [1.54, 1.807) is 0 Å². The Morgan fingerprint density at radius 1 is 1.40 bits per heavy atom. The van der Waals surface area contributed by atoms with E-state index in [9.17, 15) is 9.59 Å². The Morgan fingerprint density at radius 2 is 2.07 bits per heavy atom. The maximum Gasteiger partial charge on any atom is 0.307 e. The molecule has 0 radical (unpaired) electrons. The molecule has 2 N–H and O–H groups in total. The molecule has 0 aromatic carbocycles. The van der Waals surface area contributed by atoms with Crippen molar-refractivity contribution in [2.24, 2.45) is 5.73 Å². The van der Waals surface area contributed by atoms with Crippen LogP contribution in [-0.2, 0) is 14.3 Å². The molecule has 0 amide bonds. The van der Waals surface area contributed by atoms with Gasteiger partial charge in [0, 0.05) is 0 Å². The number of hydrogen-bond acceptors (Lipinski definition) is 4. The number of aldehydes is 1. The van der Waals surface area contributed by atoms with Crippen molar-refractivity contribution >= 4 is 12.3 Å². The topological polar surface area (TPSA) is 69.4 Å². The summed E-state index contributed by atoms with van der Waals surface area (Å²) in [5, 5.41) is 0. The number of carbonyl (C=O) groups excluding carboxylic acids is 2. The van der Waals surface area contributed by atoms with Crippen LogP contribution in [0, 0.1) is 0 Å². The van der Waals surface area contributed by atoms with E-state index in [4.69, 9.17) is 10.5 Å². The van der Waals surface area contributed by atoms with Gasteiger partial charge in [-0.1, -0.05) is 33.6 Å². The quantitative estimate of drug-likeness (QED) is 0.381. The van der Waals surface area contributed by atoms with E-state index in [-0.39, 0.29) is 19.8 Å².